The highest BCUT2D eigenvalue weighted by molar-refractivity contribution is 5.74. The number of nitrogens with zero attached hydrogens (tertiary/aromatic N) is 6. The number of aromatic hydroxyl groups is 1. The molecule has 0 radical (unpaired) electrons. The van der Waals surface area contributed by atoms with E-state index >= 15 is 0 Å². The molecule has 33 heavy (non-hydrogen) atoms. The zero-order valence-electron chi connectivity index (χ0n) is 18.1. The third kappa shape index (κ3) is 4.78. The summed E-state index contributed by atoms with van der Waals surface area (Å²) >= 11 is 0. The maximum atomic E-state index is 14.6. The first-order chi connectivity index (χ1) is 16.0. The van der Waals surface area contributed by atoms with E-state index in [0.29, 0.717) is 36.6 Å². The van der Waals surface area contributed by atoms with Crippen molar-refractivity contribution in [1.29, 1.82) is 0 Å². The molecular formula is C23H24FN7O2. The Bertz CT molecular complexity index is 1210. The lowest BCUT2D eigenvalue weighted by atomic mass is 10.1. The molecule has 3 heterocycles. The van der Waals surface area contributed by atoms with Gasteiger partial charge in [-0.2, -0.15) is 0 Å². The molecule has 10 heteroatoms. The second-order valence-electron chi connectivity index (χ2n) is 7.66. The predicted molar refractivity (Wildman–Crippen MR) is 123 cm³/mol. The van der Waals surface area contributed by atoms with Gasteiger partial charge in [0.1, 0.15) is 12.4 Å². The quantitative estimate of drug-likeness (QED) is 0.514. The molecule has 3 aromatic rings. The van der Waals surface area contributed by atoms with E-state index in [4.69, 9.17) is 10.8 Å². The van der Waals surface area contributed by atoms with E-state index in [1.54, 1.807) is 18.2 Å². The Morgan fingerprint density at radius 1 is 1.21 bits per heavy atom. The van der Waals surface area contributed by atoms with E-state index in [-0.39, 0.29) is 35.9 Å². The standard InChI is InChI=1S/C23H24FN7O2/c1-15-8-9-30(10-11-31(15)23-17(24)14-26-21(27-23)7-4-12-32)19-13-18(28-29-22(19)25)16-5-2-3-6-20(16)33/h2-3,5-6,13-15,32-33H,8-12H2,1H3,(H2,25,29)/t15-/m1/s1. The fourth-order valence-corrected chi connectivity index (χ4v) is 3.82. The molecule has 1 aliphatic heterocycles. The molecular weight excluding hydrogens is 425 g/mol. The van der Waals surface area contributed by atoms with Gasteiger partial charge in [-0.1, -0.05) is 18.1 Å². The van der Waals surface area contributed by atoms with Crippen LogP contribution in [0.5, 0.6) is 5.75 Å². The van der Waals surface area contributed by atoms with Crippen molar-refractivity contribution in [3.63, 3.8) is 0 Å². The number of benzene rings is 1. The third-order valence-corrected chi connectivity index (χ3v) is 5.56. The molecule has 4 N–H and O–H groups in total. The number of hydrogen-bond acceptors (Lipinski definition) is 9. The molecule has 0 spiro atoms. The summed E-state index contributed by atoms with van der Waals surface area (Å²) < 4.78 is 14.6. The lowest BCUT2D eigenvalue weighted by molar-refractivity contribution is 0.350. The highest BCUT2D eigenvalue weighted by Crippen LogP contribution is 2.32. The molecule has 0 aliphatic carbocycles. The molecule has 1 fully saturated rings. The van der Waals surface area contributed by atoms with Crippen molar-refractivity contribution in [2.24, 2.45) is 0 Å². The molecule has 170 valence electrons. The van der Waals surface area contributed by atoms with Gasteiger partial charge in [0.15, 0.2) is 17.5 Å². The summed E-state index contributed by atoms with van der Waals surface area (Å²) in [6.07, 6.45) is 1.82. The van der Waals surface area contributed by atoms with Crippen molar-refractivity contribution in [2.45, 2.75) is 19.4 Å². The maximum absolute atomic E-state index is 14.6. The van der Waals surface area contributed by atoms with Crippen molar-refractivity contribution in [2.75, 3.05) is 41.8 Å². The first-order valence-electron chi connectivity index (χ1n) is 10.5. The number of nitrogens with two attached hydrogens (primary N) is 1. The second-order valence-corrected chi connectivity index (χ2v) is 7.66. The molecule has 1 atom stereocenters. The summed E-state index contributed by atoms with van der Waals surface area (Å²) in [6.45, 7) is 3.37. The van der Waals surface area contributed by atoms with E-state index < -0.39 is 5.82 Å². The largest absolute Gasteiger partial charge is 0.507 e. The Labute approximate surface area is 190 Å². The molecule has 9 nitrogen and oxygen atoms in total. The summed E-state index contributed by atoms with van der Waals surface area (Å²) in [5, 5.41) is 27.3. The highest BCUT2D eigenvalue weighted by atomic mass is 19.1. The van der Waals surface area contributed by atoms with Crippen molar-refractivity contribution >= 4 is 17.3 Å². The number of hydrogen-bond donors (Lipinski definition) is 3. The van der Waals surface area contributed by atoms with Crippen LogP contribution in [-0.2, 0) is 0 Å². The van der Waals surface area contributed by atoms with Crippen LogP contribution in [0.1, 0.15) is 19.2 Å². The summed E-state index contributed by atoms with van der Waals surface area (Å²) in [5.41, 5.74) is 7.93. The zero-order valence-corrected chi connectivity index (χ0v) is 18.1. The van der Waals surface area contributed by atoms with Gasteiger partial charge < -0.3 is 25.7 Å². The van der Waals surface area contributed by atoms with E-state index in [0.717, 1.165) is 12.6 Å². The number of nitrogen functional groups attached to an aromatic ring is 1. The van der Waals surface area contributed by atoms with Gasteiger partial charge in [-0.15, -0.1) is 10.2 Å². The van der Waals surface area contributed by atoms with Gasteiger partial charge in [0, 0.05) is 31.2 Å². The normalized spacial score (nSPS) is 16.2. The van der Waals surface area contributed by atoms with Crippen LogP contribution in [0.4, 0.5) is 21.7 Å². The van der Waals surface area contributed by atoms with Gasteiger partial charge in [-0.25, -0.2) is 14.4 Å². The van der Waals surface area contributed by atoms with Crippen LogP contribution in [0.15, 0.2) is 36.5 Å². The molecule has 1 aromatic carbocycles. The summed E-state index contributed by atoms with van der Waals surface area (Å²) in [7, 11) is 0. The van der Waals surface area contributed by atoms with Crippen molar-refractivity contribution < 1.29 is 14.6 Å². The fourth-order valence-electron chi connectivity index (χ4n) is 3.82. The average molecular weight is 449 g/mol. The molecule has 0 bridgehead atoms. The lowest BCUT2D eigenvalue weighted by Crippen LogP contribution is -2.36. The number of aromatic nitrogens is 4. The SMILES string of the molecule is C[C@@H]1CCN(c2cc(-c3ccccc3O)nnc2N)CCN1c1nc(C#CCO)ncc1F. The number of aliphatic hydroxyl groups is 1. The zero-order chi connectivity index (χ0) is 23.4. The number of aliphatic hydroxyl groups excluding tert-OH is 1. The van der Waals surface area contributed by atoms with Crippen LogP contribution in [0, 0.1) is 17.7 Å². The summed E-state index contributed by atoms with van der Waals surface area (Å²) in [4.78, 5) is 12.1. The third-order valence-electron chi connectivity index (χ3n) is 5.56. The Morgan fingerprint density at radius 3 is 2.82 bits per heavy atom. The minimum absolute atomic E-state index is 0.00768. The van der Waals surface area contributed by atoms with Crippen LogP contribution in [0.2, 0.25) is 0 Å². The highest BCUT2D eigenvalue weighted by Gasteiger charge is 2.26. The van der Waals surface area contributed by atoms with Gasteiger partial charge in [0.2, 0.25) is 5.82 Å². The van der Waals surface area contributed by atoms with E-state index in [2.05, 4.69) is 36.9 Å². The van der Waals surface area contributed by atoms with E-state index in [1.165, 1.54) is 0 Å². The van der Waals surface area contributed by atoms with Gasteiger partial charge in [0.25, 0.3) is 0 Å². The van der Waals surface area contributed by atoms with Crippen LogP contribution >= 0.6 is 0 Å². The van der Waals surface area contributed by atoms with Crippen LogP contribution in [-0.4, -0.2) is 62.7 Å². The van der Waals surface area contributed by atoms with Crippen LogP contribution in [0.3, 0.4) is 0 Å². The lowest BCUT2D eigenvalue weighted by Gasteiger charge is -2.28. The maximum Gasteiger partial charge on any atom is 0.207 e. The second kappa shape index (κ2) is 9.67. The monoisotopic (exact) mass is 449 g/mol. The van der Waals surface area contributed by atoms with Gasteiger partial charge in [0.05, 0.1) is 17.6 Å². The van der Waals surface area contributed by atoms with Crippen molar-refractivity contribution in [3.8, 4) is 28.8 Å². The Kier molecular flexibility index (Phi) is 6.51. The number of anilines is 3. The Morgan fingerprint density at radius 2 is 2.03 bits per heavy atom. The fraction of sp³-hybridized carbons (Fsp3) is 0.304. The molecule has 0 unspecified atom stereocenters. The Balaban J connectivity index is 1.61. The summed E-state index contributed by atoms with van der Waals surface area (Å²) in [6, 6.07) is 8.71. The van der Waals surface area contributed by atoms with Gasteiger partial charge in [-0.05, 0) is 37.5 Å². The summed E-state index contributed by atoms with van der Waals surface area (Å²) in [5.74, 6) is 5.30. The predicted octanol–water partition coefficient (Wildman–Crippen LogP) is 1.81. The first kappa shape index (κ1) is 22.2. The molecule has 2 aromatic heterocycles. The molecule has 1 saturated heterocycles. The van der Waals surface area contributed by atoms with Gasteiger partial charge in [-0.3, -0.25) is 0 Å². The number of para-hydroxylation sites is 1. The van der Waals surface area contributed by atoms with E-state index in [9.17, 15) is 9.50 Å². The number of rotatable bonds is 3. The number of phenols is 1. The molecule has 1 aliphatic rings. The topological polar surface area (TPSA) is 125 Å². The molecule has 0 amide bonds. The first-order valence-corrected chi connectivity index (χ1v) is 10.5. The molecule has 0 saturated carbocycles. The minimum Gasteiger partial charge on any atom is -0.507 e. The van der Waals surface area contributed by atoms with E-state index in [1.807, 2.05) is 24.0 Å². The minimum atomic E-state index is -0.531. The van der Waals surface area contributed by atoms with Gasteiger partial charge >= 0.3 is 0 Å². The smallest absolute Gasteiger partial charge is 0.207 e. The molecule has 4 rings (SSSR count). The van der Waals surface area contributed by atoms with Crippen molar-refractivity contribution in [1.82, 2.24) is 20.2 Å². The average Bonchev–Trinajstić information content (AvgIpc) is 3.01. The van der Waals surface area contributed by atoms with Crippen LogP contribution in [0.25, 0.3) is 11.3 Å². The van der Waals surface area contributed by atoms with Crippen molar-refractivity contribution in [3.05, 3.63) is 48.2 Å². The Hall–Kier alpha value is -3.97. The number of halogens is 1. The number of phenolic OH excluding ortho intramolecular Hbond substituents is 1. The van der Waals surface area contributed by atoms with Crippen LogP contribution < -0.4 is 15.5 Å².